The lowest BCUT2D eigenvalue weighted by Gasteiger charge is -2.07. The molecule has 1 aromatic rings. The number of primary amides is 1. The Labute approximate surface area is 89.6 Å². The van der Waals surface area contributed by atoms with Crippen LogP contribution in [0.5, 0.6) is 0 Å². The van der Waals surface area contributed by atoms with Gasteiger partial charge in [-0.1, -0.05) is 6.07 Å². The molecule has 1 rings (SSSR count). The van der Waals surface area contributed by atoms with Crippen LogP contribution in [0.4, 0.5) is 11.4 Å². The third kappa shape index (κ3) is 3.89. The molecule has 15 heavy (non-hydrogen) atoms. The summed E-state index contributed by atoms with van der Waals surface area (Å²) in [5.74, 6) is -0.264. The maximum Gasteiger partial charge on any atom is 0.217 e. The van der Waals surface area contributed by atoms with Crippen LogP contribution in [0.2, 0.25) is 0 Å². The number of nitrogen functional groups attached to an aromatic ring is 1. The van der Waals surface area contributed by atoms with Gasteiger partial charge in [-0.15, -0.1) is 0 Å². The van der Waals surface area contributed by atoms with E-state index in [-0.39, 0.29) is 5.91 Å². The normalized spacial score (nSPS) is 9.93. The molecule has 0 bridgehead atoms. The van der Waals surface area contributed by atoms with Crippen LogP contribution in [0.25, 0.3) is 0 Å². The molecule has 1 aromatic carbocycles. The number of aryl methyl sites for hydroxylation is 1. The number of benzene rings is 1. The predicted molar refractivity (Wildman–Crippen MR) is 62.5 cm³/mol. The van der Waals surface area contributed by atoms with Crippen LogP contribution in [0.15, 0.2) is 18.2 Å². The fourth-order valence-electron chi connectivity index (χ4n) is 1.25. The van der Waals surface area contributed by atoms with E-state index in [1.165, 1.54) is 0 Å². The number of nitrogens with one attached hydrogen (secondary N) is 1. The summed E-state index contributed by atoms with van der Waals surface area (Å²) < 4.78 is 0. The number of hydrogen-bond donors (Lipinski definition) is 3. The van der Waals surface area contributed by atoms with Crippen molar-refractivity contribution in [2.45, 2.75) is 19.8 Å². The summed E-state index contributed by atoms with van der Waals surface area (Å²) in [6.07, 6.45) is 1.15. The van der Waals surface area contributed by atoms with Crippen molar-refractivity contribution in [3.8, 4) is 0 Å². The minimum atomic E-state index is -0.264. The summed E-state index contributed by atoms with van der Waals surface area (Å²) in [5.41, 5.74) is 13.6. The van der Waals surface area contributed by atoms with E-state index >= 15 is 0 Å². The Kier molecular flexibility index (Phi) is 3.97. The highest BCUT2D eigenvalue weighted by molar-refractivity contribution is 5.73. The highest BCUT2D eigenvalue weighted by atomic mass is 16.1. The number of carbonyl (C=O) groups excluding carboxylic acids is 1. The Hall–Kier alpha value is -1.71. The summed E-state index contributed by atoms with van der Waals surface area (Å²) in [7, 11) is 0. The Bertz CT molecular complexity index is 350. The van der Waals surface area contributed by atoms with E-state index < -0.39 is 0 Å². The van der Waals surface area contributed by atoms with Gasteiger partial charge in [0.15, 0.2) is 0 Å². The van der Waals surface area contributed by atoms with Gasteiger partial charge in [-0.05, 0) is 31.0 Å². The van der Waals surface area contributed by atoms with Crippen molar-refractivity contribution in [3.63, 3.8) is 0 Å². The van der Waals surface area contributed by atoms with Gasteiger partial charge in [-0.25, -0.2) is 0 Å². The van der Waals surface area contributed by atoms with Gasteiger partial charge in [0.2, 0.25) is 5.91 Å². The van der Waals surface area contributed by atoms with Gasteiger partial charge in [0.05, 0.1) is 0 Å². The van der Waals surface area contributed by atoms with Gasteiger partial charge >= 0.3 is 0 Å². The van der Waals surface area contributed by atoms with Crippen molar-refractivity contribution < 1.29 is 4.79 Å². The van der Waals surface area contributed by atoms with Crippen molar-refractivity contribution >= 4 is 17.3 Å². The standard InChI is InChI=1S/C11H17N3O/c1-8-4-5-9(7-10(8)12)14-6-2-3-11(13)15/h4-5,7,14H,2-3,6,12H2,1H3,(H2,13,15). The van der Waals surface area contributed by atoms with Gasteiger partial charge in [0, 0.05) is 24.3 Å². The second-order valence-corrected chi connectivity index (χ2v) is 3.57. The first-order valence-electron chi connectivity index (χ1n) is 4.98. The maximum atomic E-state index is 10.5. The molecule has 0 atom stereocenters. The Morgan fingerprint density at radius 3 is 2.80 bits per heavy atom. The van der Waals surface area contributed by atoms with Crippen molar-refractivity contribution in [1.29, 1.82) is 0 Å². The average molecular weight is 207 g/mol. The molecule has 4 nitrogen and oxygen atoms in total. The Balaban J connectivity index is 2.38. The van der Waals surface area contributed by atoms with E-state index in [1.807, 2.05) is 25.1 Å². The van der Waals surface area contributed by atoms with Crippen molar-refractivity contribution in [2.24, 2.45) is 5.73 Å². The molecule has 0 saturated carbocycles. The number of hydrogen-bond acceptors (Lipinski definition) is 3. The van der Waals surface area contributed by atoms with E-state index in [0.29, 0.717) is 6.42 Å². The van der Waals surface area contributed by atoms with Gasteiger partial charge in [-0.3, -0.25) is 4.79 Å². The van der Waals surface area contributed by atoms with Crippen LogP contribution in [-0.4, -0.2) is 12.5 Å². The van der Waals surface area contributed by atoms with Crippen LogP contribution in [0, 0.1) is 6.92 Å². The molecule has 0 aromatic heterocycles. The number of amides is 1. The van der Waals surface area contributed by atoms with E-state index in [2.05, 4.69) is 5.32 Å². The zero-order valence-electron chi connectivity index (χ0n) is 8.92. The zero-order valence-corrected chi connectivity index (χ0v) is 8.92. The Morgan fingerprint density at radius 2 is 2.20 bits per heavy atom. The summed E-state index contributed by atoms with van der Waals surface area (Å²) in [6.45, 7) is 2.69. The SMILES string of the molecule is Cc1ccc(NCCCC(N)=O)cc1N. The fourth-order valence-corrected chi connectivity index (χ4v) is 1.25. The highest BCUT2D eigenvalue weighted by Gasteiger charge is 1.97. The van der Waals surface area contributed by atoms with Crippen molar-refractivity contribution in [3.05, 3.63) is 23.8 Å². The molecule has 5 N–H and O–H groups in total. The number of nitrogens with two attached hydrogens (primary N) is 2. The summed E-state index contributed by atoms with van der Waals surface area (Å²) in [5, 5.41) is 3.18. The van der Waals surface area contributed by atoms with Gasteiger partial charge in [0.25, 0.3) is 0 Å². The van der Waals surface area contributed by atoms with Crippen LogP contribution in [0.3, 0.4) is 0 Å². The number of carbonyl (C=O) groups is 1. The monoisotopic (exact) mass is 207 g/mol. The molecular weight excluding hydrogens is 190 g/mol. The van der Waals surface area contributed by atoms with Crippen LogP contribution in [-0.2, 0) is 4.79 Å². The molecule has 82 valence electrons. The Morgan fingerprint density at radius 1 is 1.47 bits per heavy atom. The largest absolute Gasteiger partial charge is 0.398 e. The molecule has 1 amide bonds. The molecule has 0 aliphatic rings. The fraction of sp³-hybridized carbons (Fsp3) is 0.364. The van der Waals surface area contributed by atoms with E-state index in [4.69, 9.17) is 11.5 Å². The second-order valence-electron chi connectivity index (χ2n) is 3.57. The van der Waals surface area contributed by atoms with Gasteiger partial charge < -0.3 is 16.8 Å². The topological polar surface area (TPSA) is 81.1 Å². The molecule has 0 heterocycles. The summed E-state index contributed by atoms with van der Waals surface area (Å²) in [6, 6.07) is 5.82. The maximum absolute atomic E-state index is 10.5. The van der Waals surface area contributed by atoms with E-state index in [1.54, 1.807) is 0 Å². The molecular formula is C11H17N3O. The molecule has 4 heteroatoms. The first kappa shape index (κ1) is 11.4. The van der Waals surface area contributed by atoms with Crippen molar-refractivity contribution in [1.82, 2.24) is 0 Å². The highest BCUT2D eigenvalue weighted by Crippen LogP contribution is 2.16. The van der Waals surface area contributed by atoms with Gasteiger partial charge in [0.1, 0.15) is 0 Å². The van der Waals surface area contributed by atoms with Crippen LogP contribution < -0.4 is 16.8 Å². The molecule has 0 aliphatic heterocycles. The smallest absolute Gasteiger partial charge is 0.217 e. The quantitative estimate of drug-likeness (QED) is 0.502. The minimum absolute atomic E-state index is 0.264. The average Bonchev–Trinajstić information content (AvgIpc) is 2.18. The summed E-state index contributed by atoms with van der Waals surface area (Å²) >= 11 is 0. The summed E-state index contributed by atoms with van der Waals surface area (Å²) in [4.78, 5) is 10.5. The third-order valence-corrected chi connectivity index (χ3v) is 2.21. The van der Waals surface area contributed by atoms with Gasteiger partial charge in [-0.2, -0.15) is 0 Å². The number of anilines is 2. The lowest BCUT2D eigenvalue weighted by molar-refractivity contribution is -0.118. The molecule has 0 fully saturated rings. The predicted octanol–water partition coefficient (Wildman–Crippen LogP) is 1.25. The molecule has 0 spiro atoms. The van der Waals surface area contributed by atoms with Crippen LogP contribution in [0.1, 0.15) is 18.4 Å². The zero-order chi connectivity index (χ0) is 11.3. The van der Waals surface area contributed by atoms with Crippen molar-refractivity contribution in [2.75, 3.05) is 17.6 Å². The molecule has 0 unspecified atom stereocenters. The number of rotatable bonds is 5. The lowest BCUT2D eigenvalue weighted by atomic mass is 10.2. The first-order valence-corrected chi connectivity index (χ1v) is 4.98. The molecule has 0 radical (unpaired) electrons. The molecule has 0 aliphatic carbocycles. The van der Waals surface area contributed by atoms with E-state index in [9.17, 15) is 4.79 Å². The van der Waals surface area contributed by atoms with Crippen LogP contribution >= 0.6 is 0 Å². The molecule has 0 saturated heterocycles. The second kappa shape index (κ2) is 5.24. The first-order chi connectivity index (χ1) is 7.09. The lowest BCUT2D eigenvalue weighted by Crippen LogP contribution is -2.12. The minimum Gasteiger partial charge on any atom is -0.398 e. The van der Waals surface area contributed by atoms with E-state index in [0.717, 1.165) is 29.9 Å². The third-order valence-electron chi connectivity index (χ3n) is 2.21.